The van der Waals surface area contributed by atoms with Crippen molar-refractivity contribution in [3.05, 3.63) is 82.0 Å². The average molecular weight is 595 g/mol. The number of primary sulfonamides is 1. The number of rotatable bonds is 11. The Kier molecular flexibility index (Phi) is 9.28. The van der Waals surface area contributed by atoms with E-state index in [1.807, 2.05) is 0 Å². The van der Waals surface area contributed by atoms with Crippen molar-refractivity contribution in [1.29, 1.82) is 0 Å². The van der Waals surface area contributed by atoms with Gasteiger partial charge in [-0.25, -0.2) is 18.5 Å². The first kappa shape index (κ1) is 30.0. The Morgan fingerprint density at radius 2 is 1.71 bits per heavy atom. The van der Waals surface area contributed by atoms with Gasteiger partial charge in [0.2, 0.25) is 21.8 Å². The third-order valence-corrected chi connectivity index (χ3v) is 8.33. The van der Waals surface area contributed by atoms with Crippen molar-refractivity contribution in [3.63, 3.8) is 0 Å². The zero-order chi connectivity index (χ0) is 29.6. The molecular weight excluding hydrogens is 565 g/mol. The molecule has 1 saturated carbocycles. The van der Waals surface area contributed by atoms with Crippen LogP contribution in [0.4, 0.5) is 30.6 Å². The molecule has 1 aliphatic rings. The molecule has 0 aliphatic heterocycles. The van der Waals surface area contributed by atoms with E-state index in [0.717, 1.165) is 6.20 Å². The number of nitrogens with zero attached hydrogens (tertiary/aromatic N) is 3. The standard InChI is InChI=1S/C26H29F3N6O5S/c27-26(28,29)40-22-9-5-4-8-20(22)15-32-25-33-16-21(35(36)37)24(34-25)31-14-17-10-12-19(13-11-17)23(41(30,38)39)18-6-2-1-3-7-18/h1-9,16-17,19,23H,10-15H2,(H2,30,38,39)(H2,31,32,33,34). The Labute approximate surface area is 234 Å². The van der Waals surface area contributed by atoms with E-state index in [4.69, 9.17) is 5.14 Å². The maximum atomic E-state index is 12.7. The van der Waals surface area contributed by atoms with Gasteiger partial charge in [-0.15, -0.1) is 13.2 Å². The number of anilines is 2. The number of hydrogen-bond donors (Lipinski definition) is 3. The van der Waals surface area contributed by atoms with E-state index >= 15 is 0 Å². The first-order chi connectivity index (χ1) is 19.4. The molecule has 1 fully saturated rings. The molecule has 0 radical (unpaired) electrons. The Bertz CT molecular complexity index is 1450. The quantitative estimate of drug-likeness (QED) is 0.201. The van der Waals surface area contributed by atoms with Crippen LogP contribution in [0.1, 0.15) is 42.1 Å². The van der Waals surface area contributed by atoms with Crippen LogP contribution in [0, 0.1) is 22.0 Å². The molecular formula is C26H29F3N6O5S. The monoisotopic (exact) mass is 594 g/mol. The third-order valence-electron chi connectivity index (χ3n) is 6.96. The van der Waals surface area contributed by atoms with Crippen LogP contribution in [0.2, 0.25) is 0 Å². The number of halogens is 3. The highest BCUT2D eigenvalue weighted by molar-refractivity contribution is 7.89. The van der Waals surface area contributed by atoms with Gasteiger partial charge in [0.15, 0.2) is 0 Å². The number of aromatic nitrogens is 2. The number of benzene rings is 2. The SMILES string of the molecule is NS(=O)(=O)C(c1ccccc1)C1CCC(CNc2nc(NCc3ccccc3OC(F)(F)F)ncc2[N+](=O)[O-])CC1. The van der Waals surface area contributed by atoms with E-state index in [0.29, 0.717) is 37.8 Å². The van der Waals surface area contributed by atoms with Gasteiger partial charge < -0.3 is 15.4 Å². The third kappa shape index (κ3) is 8.27. The molecule has 41 heavy (non-hydrogen) atoms. The summed E-state index contributed by atoms with van der Waals surface area (Å²) in [4.78, 5) is 19.0. The summed E-state index contributed by atoms with van der Waals surface area (Å²) in [6.45, 7) is 0.220. The number of nitro groups is 1. The molecule has 0 amide bonds. The summed E-state index contributed by atoms with van der Waals surface area (Å²) in [6, 6.07) is 14.4. The normalized spacial score (nSPS) is 18.3. The lowest BCUT2D eigenvalue weighted by molar-refractivity contribution is -0.384. The number of alkyl halides is 3. The summed E-state index contributed by atoms with van der Waals surface area (Å²) in [5, 5.41) is 22.1. The van der Waals surface area contributed by atoms with Gasteiger partial charge in [-0.2, -0.15) is 4.98 Å². The van der Waals surface area contributed by atoms with Crippen LogP contribution in [0.15, 0.2) is 60.8 Å². The predicted molar refractivity (Wildman–Crippen MR) is 145 cm³/mol. The summed E-state index contributed by atoms with van der Waals surface area (Å²) >= 11 is 0. The van der Waals surface area contributed by atoms with Gasteiger partial charge in [0, 0.05) is 18.7 Å². The lowest BCUT2D eigenvalue weighted by Crippen LogP contribution is -2.32. The largest absolute Gasteiger partial charge is 0.573 e. The van der Waals surface area contributed by atoms with Crippen molar-refractivity contribution in [3.8, 4) is 5.75 Å². The average Bonchev–Trinajstić information content (AvgIpc) is 2.91. The number of ether oxygens (including phenoxy) is 1. The molecule has 1 aliphatic carbocycles. The second-order valence-electron chi connectivity index (χ2n) is 9.78. The molecule has 15 heteroatoms. The molecule has 1 atom stereocenters. The van der Waals surface area contributed by atoms with Gasteiger partial charge in [-0.3, -0.25) is 10.1 Å². The second-order valence-corrected chi connectivity index (χ2v) is 11.5. The molecule has 1 unspecified atom stereocenters. The lowest BCUT2D eigenvalue weighted by Gasteiger charge is -2.33. The van der Waals surface area contributed by atoms with E-state index in [1.54, 1.807) is 36.4 Å². The molecule has 4 rings (SSSR count). The Morgan fingerprint density at radius 1 is 1.05 bits per heavy atom. The van der Waals surface area contributed by atoms with Crippen LogP contribution in [-0.4, -0.2) is 36.2 Å². The Hall–Kier alpha value is -3.98. The highest BCUT2D eigenvalue weighted by Gasteiger charge is 2.35. The number of nitrogens with two attached hydrogens (primary N) is 1. The molecule has 0 saturated heterocycles. The van der Waals surface area contributed by atoms with E-state index in [2.05, 4.69) is 25.3 Å². The van der Waals surface area contributed by atoms with Crippen LogP contribution in [-0.2, 0) is 16.6 Å². The topological polar surface area (TPSA) is 162 Å². The molecule has 0 spiro atoms. The van der Waals surface area contributed by atoms with Crippen molar-refractivity contribution >= 4 is 27.5 Å². The first-order valence-corrected chi connectivity index (χ1v) is 14.4. The Balaban J connectivity index is 1.39. The number of sulfonamides is 1. The minimum absolute atomic E-state index is 0.0255. The van der Waals surface area contributed by atoms with E-state index in [-0.39, 0.29) is 47.1 Å². The van der Waals surface area contributed by atoms with Gasteiger partial charge in [-0.05, 0) is 49.1 Å². The van der Waals surface area contributed by atoms with Gasteiger partial charge in [0.05, 0.1) is 4.92 Å². The van der Waals surface area contributed by atoms with Crippen LogP contribution < -0.4 is 20.5 Å². The van der Waals surface area contributed by atoms with Crippen LogP contribution in [0.3, 0.4) is 0 Å². The predicted octanol–water partition coefficient (Wildman–Crippen LogP) is 5.14. The maximum Gasteiger partial charge on any atom is 0.573 e. The highest BCUT2D eigenvalue weighted by atomic mass is 32.2. The van der Waals surface area contributed by atoms with Crippen LogP contribution in [0.5, 0.6) is 5.75 Å². The molecule has 4 N–H and O–H groups in total. The number of para-hydroxylation sites is 1. The Morgan fingerprint density at radius 3 is 2.34 bits per heavy atom. The number of nitrogens with one attached hydrogen (secondary N) is 2. The van der Waals surface area contributed by atoms with Crippen molar-refractivity contribution < 1.29 is 31.2 Å². The summed E-state index contributed by atoms with van der Waals surface area (Å²) in [7, 11) is -3.83. The minimum Gasteiger partial charge on any atom is -0.405 e. The molecule has 220 valence electrons. The maximum absolute atomic E-state index is 12.7. The first-order valence-electron chi connectivity index (χ1n) is 12.8. The van der Waals surface area contributed by atoms with Gasteiger partial charge in [-0.1, -0.05) is 48.5 Å². The molecule has 2 aromatic carbocycles. The zero-order valence-corrected chi connectivity index (χ0v) is 22.6. The minimum atomic E-state index is -4.86. The fraction of sp³-hybridized carbons (Fsp3) is 0.385. The molecule has 1 aromatic heterocycles. The second kappa shape index (κ2) is 12.7. The van der Waals surface area contributed by atoms with E-state index in [1.165, 1.54) is 18.2 Å². The van der Waals surface area contributed by atoms with Crippen molar-refractivity contribution in [1.82, 2.24) is 9.97 Å². The zero-order valence-electron chi connectivity index (χ0n) is 21.8. The van der Waals surface area contributed by atoms with Gasteiger partial charge in [0.1, 0.15) is 17.2 Å². The molecule has 1 heterocycles. The lowest BCUT2D eigenvalue weighted by atomic mass is 9.79. The summed E-state index contributed by atoms with van der Waals surface area (Å²) in [5.74, 6) is -0.513. The summed E-state index contributed by atoms with van der Waals surface area (Å²) < 4.78 is 67.0. The van der Waals surface area contributed by atoms with E-state index in [9.17, 15) is 31.7 Å². The highest BCUT2D eigenvalue weighted by Crippen LogP contribution is 2.40. The fourth-order valence-corrected chi connectivity index (χ4v) is 6.43. The molecule has 11 nitrogen and oxygen atoms in total. The smallest absolute Gasteiger partial charge is 0.405 e. The van der Waals surface area contributed by atoms with E-state index < -0.39 is 26.6 Å². The summed E-state index contributed by atoms with van der Waals surface area (Å²) in [5.41, 5.74) is 0.482. The fourth-order valence-electron chi connectivity index (χ4n) is 5.08. The molecule has 0 bridgehead atoms. The van der Waals surface area contributed by atoms with Gasteiger partial charge >= 0.3 is 12.0 Å². The van der Waals surface area contributed by atoms with Crippen molar-refractivity contribution in [2.24, 2.45) is 17.0 Å². The van der Waals surface area contributed by atoms with Gasteiger partial charge in [0.25, 0.3) is 0 Å². The van der Waals surface area contributed by atoms with Crippen LogP contribution in [0.25, 0.3) is 0 Å². The summed E-state index contributed by atoms with van der Waals surface area (Å²) in [6.07, 6.45) is -1.27. The molecule has 3 aromatic rings. The van der Waals surface area contributed by atoms with Crippen molar-refractivity contribution in [2.75, 3.05) is 17.2 Å². The number of hydrogen-bond acceptors (Lipinski definition) is 9. The van der Waals surface area contributed by atoms with Crippen LogP contribution >= 0.6 is 0 Å². The van der Waals surface area contributed by atoms with Crippen molar-refractivity contribution in [2.45, 2.75) is 43.8 Å².